The van der Waals surface area contributed by atoms with E-state index < -0.39 is 0 Å². The van der Waals surface area contributed by atoms with Gasteiger partial charge in [0.2, 0.25) is 5.91 Å². The molecule has 3 nitrogen and oxygen atoms in total. The molecule has 2 rings (SSSR count). The van der Waals surface area contributed by atoms with Crippen molar-refractivity contribution in [1.82, 2.24) is 4.90 Å². The molecule has 1 atom stereocenters. The van der Waals surface area contributed by atoms with E-state index in [0.717, 1.165) is 0 Å². The first-order chi connectivity index (χ1) is 10.3. The predicted octanol–water partition coefficient (Wildman–Crippen LogP) is 3.76. The monoisotopic (exact) mass is 303 g/mol. The van der Waals surface area contributed by atoms with Crippen LogP contribution in [0.3, 0.4) is 0 Å². The molecule has 1 amide bonds. The number of morpholine rings is 1. The molecule has 0 saturated carbocycles. The summed E-state index contributed by atoms with van der Waals surface area (Å²) >= 11 is 0. The molecule has 22 heavy (non-hydrogen) atoms. The lowest BCUT2D eigenvalue weighted by molar-refractivity contribution is -0.146. The summed E-state index contributed by atoms with van der Waals surface area (Å²) < 4.78 is 5.52. The molecule has 0 aliphatic carbocycles. The molecule has 1 aliphatic heterocycles. The van der Waals surface area contributed by atoms with Gasteiger partial charge in [0.25, 0.3) is 0 Å². The van der Waals surface area contributed by atoms with Gasteiger partial charge in [-0.2, -0.15) is 0 Å². The summed E-state index contributed by atoms with van der Waals surface area (Å²) in [6, 6.07) is 8.59. The highest BCUT2D eigenvalue weighted by Gasteiger charge is 2.35. The van der Waals surface area contributed by atoms with Crippen LogP contribution in [0, 0.1) is 12.8 Å². The van der Waals surface area contributed by atoms with Crippen LogP contribution in [-0.4, -0.2) is 36.1 Å². The summed E-state index contributed by atoms with van der Waals surface area (Å²) in [6.07, 6.45) is 0.574. The predicted molar refractivity (Wildman–Crippen MR) is 90.0 cm³/mol. The second-order valence-corrected chi connectivity index (χ2v) is 7.38. The molecule has 0 aromatic heterocycles. The van der Waals surface area contributed by atoms with Gasteiger partial charge in [-0.15, -0.1) is 0 Å². The molecular weight excluding hydrogens is 274 g/mol. The van der Waals surface area contributed by atoms with E-state index in [-0.39, 0.29) is 17.4 Å². The zero-order chi connectivity index (χ0) is 16.3. The van der Waals surface area contributed by atoms with Crippen LogP contribution in [0.4, 0.5) is 0 Å². The van der Waals surface area contributed by atoms with E-state index in [1.807, 2.05) is 4.90 Å². The normalized spacial score (nSPS) is 19.3. The van der Waals surface area contributed by atoms with Crippen molar-refractivity contribution in [2.45, 2.75) is 52.5 Å². The number of rotatable bonds is 4. The van der Waals surface area contributed by atoms with Crippen molar-refractivity contribution < 1.29 is 9.53 Å². The third-order valence-corrected chi connectivity index (χ3v) is 4.65. The van der Waals surface area contributed by atoms with E-state index in [0.29, 0.717) is 32.1 Å². The number of carbonyl (C=O) groups is 1. The third-order valence-electron chi connectivity index (χ3n) is 4.65. The molecule has 0 N–H and O–H groups in total. The van der Waals surface area contributed by atoms with Crippen LogP contribution in [-0.2, 0) is 9.53 Å². The average molecular weight is 303 g/mol. The number of ether oxygens (including phenoxy) is 1. The topological polar surface area (TPSA) is 29.5 Å². The Balaban J connectivity index is 2.14. The molecule has 1 aromatic rings. The van der Waals surface area contributed by atoms with E-state index in [9.17, 15) is 4.79 Å². The Morgan fingerprint density at radius 2 is 1.91 bits per heavy atom. The van der Waals surface area contributed by atoms with E-state index in [4.69, 9.17) is 4.74 Å². The number of nitrogens with zero attached hydrogens (tertiary/aromatic N) is 1. The SMILES string of the molecule is Cc1ccc(C(CC(=O)N2CCOCC2(C)C)C(C)C)cc1. The zero-order valence-corrected chi connectivity index (χ0v) is 14.6. The van der Waals surface area contributed by atoms with E-state index in [2.05, 4.69) is 58.9 Å². The Hall–Kier alpha value is -1.35. The summed E-state index contributed by atoms with van der Waals surface area (Å²) in [5.74, 6) is 0.954. The van der Waals surface area contributed by atoms with Crippen molar-refractivity contribution in [2.75, 3.05) is 19.8 Å². The van der Waals surface area contributed by atoms with Gasteiger partial charge in [0.15, 0.2) is 0 Å². The van der Waals surface area contributed by atoms with Crippen LogP contribution in [0.5, 0.6) is 0 Å². The number of aryl methyl sites for hydroxylation is 1. The number of benzene rings is 1. The van der Waals surface area contributed by atoms with Crippen molar-refractivity contribution in [3.63, 3.8) is 0 Å². The summed E-state index contributed by atoms with van der Waals surface area (Å²) in [5, 5.41) is 0. The molecule has 122 valence electrons. The average Bonchev–Trinajstić information content (AvgIpc) is 2.45. The van der Waals surface area contributed by atoms with Gasteiger partial charge in [-0.25, -0.2) is 0 Å². The fourth-order valence-corrected chi connectivity index (χ4v) is 3.17. The first-order valence-corrected chi connectivity index (χ1v) is 8.26. The molecule has 1 fully saturated rings. The Kier molecular flexibility index (Phi) is 5.28. The lowest BCUT2D eigenvalue weighted by atomic mass is 9.84. The van der Waals surface area contributed by atoms with E-state index in [1.165, 1.54) is 11.1 Å². The molecule has 0 spiro atoms. The maximum Gasteiger partial charge on any atom is 0.223 e. The first kappa shape index (κ1) is 17.0. The standard InChI is InChI=1S/C19H29NO2/c1-14(2)17(16-8-6-15(3)7-9-16)12-18(21)20-10-11-22-13-19(20,4)5/h6-9,14,17H,10-13H2,1-5H3. The maximum absolute atomic E-state index is 12.8. The highest BCUT2D eigenvalue weighted by Crippen LogP contribution is 2.30. The minimum Gasteiger partial charge on any atom is -0.377 e. The van der Waals surface area contributed by atoms with Crippen LogP contribution in [0.2, 0.25) is 0 Å². The highest BCUT2D eigenvalue weighted by molar-refractivity contribution is 5.78. The molecule has 1 saturated heterocycles. The molecule has 1 unspecified atom stereocenters. The van der Waals surface area contributed by atoms with Gasteiger partial charge in [0, 0.05) is 13.0 Å². The van der Waals surface area contributed by atoms with Gasteiger partial charge >= 0.3 is 0 Å². The zero-order valence-electron chi connectivity index (χ0n) is 14.6. The maximum atomic E-state index is 12.8. The van der Waals surface area contributed by atoms with Crippen LogP contribution in [0.25, 0.3) is 0 Å². The molecular formula is C19H29NO2. The Morgan fingerprint density at radius 1 is 1.27 bits per heavy atom. The minimum absolute atomic E-state index is 0.204. The smallest absolute Gasteiger partial charge is 0.223 e. The molecule has 0 radical (unpaired) electrons. The van der Waals surface area contributed by atoms with Crippen LogP contribution in [0.1, 0.15) is 51.2 Å². The van der Waals surface area contributed by atoms with Gasteiger partial charge in [-0.3, -0.25) is 4.79 Å². The second kappa shape index (κ2) is 6.82. The van der Waals surface area contributed by atoms with Crippen LogP contribution >= 0.6 is 0 Å². The van der Waals surface area contributed by atoms with Crippen LogP contribution in [0.15, 0.2) is 24.3 Å². The number of hydrogen-bond acceptors (Lipinski definition) is 2. The lowest BCUT2D eigenvalue weighted by Gasteiger charge is -2.43. The van der Waals surface area contributed by atoms with Gasteiger partial charge < -0.3 is 9.64 Å². The van der Waals surface area contributed by atoms with Crippen molar-refractivity contribution in [3.8, 4) is 0 Å². The number of amides is 1. The van der Waals surface area contributed by atoms with Crippen molar-refractivity contribution in [1.29, 1.82) is 0 Å². The minimum atomic E-state index is -0.204. The van der Waals surface area contributed by atoms with Gasteiger partial charge in [0.1, 0.15) is 0 Å². The van der Waals surface area contributed by atoms with Crippen molar-refractivity contribution >= 4 is 5.91 Å². The molecule has 1 aromatic carbocycles. The lowest BCUT2D eigenvalue weighted by Crippen LogP contribution is -2.55. The number of hydrogen-bond donors (Lipinski definition) is 0. The summed E-state index contributed by atoms with van der Waals surface area (Å²) in [5.41, 5.74) is 2.32. The van der Waals surface area contributed by atoms with Gasteiger partial charge in [-0.05, 0) is 38.2 Å². The fraction of sp³-hybridized carbons (Fsp3) is 0.632. The van der Waals surface area contributed by atoms with E-state index in [1.54, 1.807) is 0 Å². The summed E-state index contributed by atoms with van der Waals surface area (Å²) in [7, 11) is 0. The summed E-state index contributed by atoms with van der Waals surface area (Å²) in [6.45, 7) is 12.6. The Labute approximate surface area is 134 Å². The second-order valence-electron chi connectivity index (χ2n) is 7.38. The first-order valence-electron chi connectivity index (χ1n) is 8.26. The highest BCUT2D eigenvalue weighted by atomic mass is 16.5. The fourth-order valence-electron chi connectivity index (χ4n) is 3.17. The van der Waals surface area contributed by atoms with Crippen molar-refractivity contribution in [2.24, 2.45) is 5.92 Å². The molecule has 1 heterocycles. The van der Waals surface area contributed by atoms with E-state index >= 15 is 0 Å². The quantitative estimate of drug-likeness (QED) is 0.847. The van der Waals surface area contributed by atoms with Crippen LogP contribution < -0.4 is 0 Å². The summed E-state index contributed by atoms with van der Waals surface area (Å²) in [4.78, 5) is 14.8. The molecule has 0 bridgehead atoms. The van der Waals surface area contributed by atoms with Crippen molar-refractivity contribution in [3.05, 3.63) is 35.4 Å². The molecule has 1 aliphatic rings. The Bertz CT molecular complexity index is 505. The molecule has 3 heteroatoms. The van der Waals surface area contributed by atoms with Gasteiger partial charge in [-0.1, -0.05) is 43.7 Å². The third kappa shape index (κ3) is 3.89. The van der Waals surface area contributed by atoms with Gasteiger partial charge in [0.05, 0.1) is 18.8 Å². The Morgan fingerprint density at radius 3 is 2.45 bits per heavy atom. The number of carbonyl (C=O) groups excluding carboxylic acids is 1. The largest absolute Gasteiger partial charge is 0.377 e.